The standard InChI is InChI=1S/C16H24N4O2/c1-18-6-5-14-13(10-18)20(7-8-22-14)16(21)12-9-17-19(2)15(12)11-3-4-11/h9,11,13-14H,3-8,10H2,1-2H3/t13-,14+/m1/s1. The Labute approximate surface area is 131 Å². The smallest absolute Gasteiger partial charge is 0.257 e. The fourth-order valence-corrected chi connectivity index (χ4v) is 3.89. The van der Waals surface area contributed by atoms with Crippen LogP contribution in [0.3, 0.4) is 0 Å². The maximum Gasteiger partial charge on any atom is 0.257 e. The zero-order chi connectivity index (χ0) is 15.3. The molecule has 0 bridgehead atoms. The monoisotopic (exact) mass is 304 g/mol. The molecule has 3 aliphatic rings. The van der Waals surface area contributed by atoms with E-state index >= 15 is 0 Å². The number of ether oxygens (including phenoxy) is 1. The number of fused-ring (bicyclic) bond motifs is 1. The molecule has 3 fully saturated rings. The molecule has 120 valence electrons. The Kier molecular flexibility index (Phi) is 3.46. The molecule has 2 aliphatic heterocycles. The topological polar surface area (TPSA) is 50.6 Å². The quantitative estimate of drug-likeness (QED) is 0.812. The SMILES string of the molecule is CN1CC[C@@H]2OCCN(C(=O)c3cnn(C)c3C3CC3)[C@@H]2C1. The summed E-state index contributed by atoms with van der Waals surface area (Å²) in [5.74, 6) is 0.668. The first-order chi connectivity index (χ1) is 10.6. The fourth-order valence-electron chi connectivity index (χ4n) is 3.89. The van der Waals surface area contributed by atoms with Gasteiger partial charge >= 0.3 is 0 Å². The summed E-state index contributed by atoms with van der Waals surface area (Å²) in [5, 5.41) is 4.34. The van der Waals surface area contributed by atoms with Crippen molar-refractivity contribution in [2.75, 3.05) is 33.3 Å². The molecule has 0 unspecified atom stereocenters. The summed E-state index contributed by atoms with van der Waals surface area (Å²) in [6.07, 6.45) is 5.31. The Balaban J connectivity index is 1.61. The molecular formula is C16H24N4O2. The summed E-state index contributed by atoms with van der Waals surface area (Å²) in [7, 11) is 4.06. The van der Waals surface area contributed by atoms with Gasteiger partial charge in [0.05, 0.1) is 36.2 Å². The number of carbonyl (C=O) groups is 1. The van der Waals surface area contributed by atoms with Crippen LogP contribution in [0.5, 0.6) is 0 Å². The molecule has 1 aliphatic carbocycles. The van der Waals surface area contributed by atoms with Gasteiger partial charge in [0.15, 0.2) is 0 Å². The number of amides is 1. The third kappa shape index (κ3) is 2.34. The van der Waals surface area contributed by atoms with E-state index in [9.17, 15) is 4.79 Å². The van der Waals surface area contributed by atoms with E-state index in [0.29, 0.717) is 19.1 Å². The van der Waals surface area contributed by atoms with Gasteiger partial charge in [-0.3, -0.25) is 9.48 Å². The van der Waals surface area contributed by atoms with Gasteiger partial charge in [-0.05, 0) is 26.3 Å². The number of hydrogen-bond acceptors (Lipinski definition) is 4. The van der Waals surface area contributed by atoms with Crippen LogP contribution in [0, 0.1) is 0 Å². The Morgan fingerprint density at radius 2 is 2.09 bits per heavy atom. The lowest BCUT2D eigenvalue weighted by molar-refractivity contribution is -0.0870. The van der Waals surface area contributed by atoms with Crippen LogP contribution in [-0.4, -0.2) is 70.9 Å². The first-order valence-corrected chi connectivity index (χ1v) is 8.28. The highest BCUT2D eigenvalue weighted by Crippen LogP contribution is 2.41. The molecule has 1 saturated carbocycles. The van der Waals surface area contributed by atoms with Gasteiger partial charge in [0.1, 0.15) is 0 Å². The highest BCUT2D eigenvalue weighted by atomic mass is 16.5. The van der Waals surface area contributed by atoms with Crippen molar-refractivity contribution >= 4 is 5.91 Å². The normalized spacial score (nSPS) is 29.5. The first kappa shape index (κ1) is 14.2. The lowest BCUT2D eigenvalue weighted by atomic mass is 9.98. The largest absolute Gasteiger partial charge is 0.374 e. The molecule has 3 heterocycles. The third-order valence-corrected chi connectivity index (χ3v) is 5.23. The lowest BCUT2D eigenvalue weighted by Crippen LogP contribution is -2.60. The zero-order valence-electron chi connectivity index (χ0n) is 13.4. The predicted molar refractivity (Wildman–Crippen MR) is 81.9 cm³/mol. The van der Waals surface area contributed by atoms with Crippen molar-refractivity contribution in [1.82, 2.24) is 19.6 Å². The molecule has 0 spiro atoms. The zero-order valence-corrected chi connectivity index (χ0v) is 13.4. The van der Waals surface area contributed by atoms with Crippen molar-refractivity contribution in [3.63, 3.8) is 0 Å². The van der Waals surface area contributed by atoms with E-state index in [1.165, 1.54) is 12.8 Å². The number of rotatable bonds is 2. The van der Waals surface area contributed by atoms with Gasteiger partial charge in [-0.15, -0.1) is 0 Å². The second kappa shape index (κ2) is 5.35. The second-order valence-electron chi connectivity index (χ2n) is 6.87. The van der Waals surface area contributed by atoms with Gasteiger partial charge in [0, 0.05) is 32.6 Å². The van der Waals surface area contributed by atoms with Gasteiger partial charge in [-0.25, -0.2) is 0 Å². The van der Waals surface area contributed by atoms with Crippen LogP contribution in [0.2, 0.25) is 0 Å². The van der Waals surface area contributed by atoms with Crippen molar-refractivity contribution in [2.24, 2.45) is 7.05 Å². The molecule has 6 heteroatoms. The number of nitrogens with zero attached hydrogens (tertiary/aromatic N) is 4. The van der Waals surface area contributed by atoms with Crippen LogP contribution in [-0.2, 0) is 11.8 Å². The van der Waals surface area contributed by atoms with E-state index in [1.807, 2.05) is 16.6 Å². The van der Waals surface area contributed by atoms with Crippen molar-refractivity contribution in [3.8, 4) is 0 Å². The Hall–Kier alpha value is -1.40. The molecule has 22 heavy (non-hydrogen) atoms. The molecule has 0 aromatic carbocycles. The third-order valence-electron chi connectivity index (χ3n) is 5.23. The van der Waals surface area contributed by atoms with E-state index in [0.717, 1.165) is 30.8 Å². The number of carbonyl (C=O) groups excluding carboxylic acids is 1. The van der Waals surface area contributed by atoms with E-state index in [1.54, 1.807) is 6.20 Å². The molecule has 0 radical (unpaired) electrons. The van der Waals surface area contributed by atoms with E-state index in [2.05, 4.69) is 17.0 Å². The number of likely N-dealkylation sites (N-methyl/N-ethyl adjacent to an activating group) is 1. The summed E-state index contributed by atoms with van der Waals surface area (Å²) in [6, 6.07) is 0.173. The van der Waals surface area contributed by atoms with Crippen LogP contribution in [0.1, 0.15) is 41.2 Å². The average Bonchev–Trinajstić information content (AvgIpc) is 3.28. The number of morpholine rings is 1. The van der Waals surface area contributed by atoms with Crippen LogP contribution in [0.4, 0.5) is 0 Å². The van der Waals surface area contributed by atoms with E-state index < -0.39 is 0 Å². The molecule has 1 amide bonds. The van der Waals surface area contributed by atoms with E-state index in [4.69, 9.17) is 4.74 Å². The summed E-state index contributed by atoms with van der Waals surface area (Å²) in [5.41, 5.74) is 1.93. The molecular weight excluding hydrogens is 280 g/mol. The summed E-state index contributed by atoms with van der Waals surface area (Å²) < 4.78 is 7.79. The van der Waals surface area contributed by atoms with Crippen molar-refractivity contribution in [1.29, 1.82) is 0 Å². The summed E-state index contributed by atoms with van der Waals surface area (Å²) in [4.78, 5) is 17.5. The second-order valence-corrected chi connectivity index (χ2v) is 6.87. The van der Waals surface area contributed by atoms with Crippen molar-refractivity contribution in [2.45, 2.75) is 37.3 Å². The predicted octanol–water partition coefficient (Wildman–Crippen LogP) is 0.843. The minimum atomic E-state index is 0.142. The minimum Gasteiger partial charge on any atom is -0.374 e. The highest BCUT2D eigenvalue weighted by Gasteiger charge is 2.40. The maximum absolute atomic E-state index is 13.1. The van der Waals surface area contributed by atoms with Gasteiger partial charge in [-0.2, -0.15) is 5.10 Å². The molecule has 6 nitrogen and oxygen atoms in total. The van der Waals surface area contributed by atoms with Crippen LogP contribution in [0.15, 0.2) is 6.20 Å². The number of hydrogen-bond donors (Lipinski definition) is 0. The Morgan fingerprint density at radius 3 is 2.86 bits per heavy atom. The summed E-state index contributed by atoms with van der Waals surface area (Å²) in [6.45, 7) is 3.28. The summed E-state index contributed by atoms with van der Waals surface area (Å²) >= 11 is 0. The van der Waals surface area contributed by atoms with E-state index in [-0.39, 0.29) is 18.1 Å². The minimum absolute atomic E-state index is 0.142. The van der Waals surface area contributed by atoms with Crippen molar-refractivity contribution in [3.05, 3.63) is 17.5 Å². The Bertz CT molecular complexity index is 581. The molecule has 2 atom stereocenters. The van der Waals surface area contributed by atoms with Gasteiger partial charge < -0.3 is 14.5 Å². The fraction of sp³-hybridized carbons (Fsp3) is 0.750. The average molecular weight is 304 g/mol. The lowest BCUT2D eigenvalue weighted by Gasteiger charge is -2.46. The molecule has 4 rings (SSSR count). The Morgan fingerprint density at radius 1 is 1.27 bits per heavy atom. The van der Waals surface area contributed by atoms with Gasteiger partial charge in [-0.1, -0.05) is 0 Å². The van der Waals surface area contributed by atoms with Gasteiger partial charge in [0.2, 0.25) is 0 Å². The number of likely N-dealkylation sites (tertiary alicyclic amines) is 1. The molecule has 2 saturated heterocycles. The first-order valence-electron chi connectivity index (χ1n) is 8.28. The number of piperidine rings is 1. The van der Waals surface area contributed by atoms with Gasteiger partial charge in [0.25, 0.3) is 5.91 Å². The van der Waals surface area contributed by atoms with Crippen LogP contribution >= 0.6 is 0 Å². The molecule has 0 N–H and O–H groups in total. The molecule has 1 aromatic rings. The van der Waals surface area contributed by atoms with Crippen LogP contribution in [0.25, 0.3) is 0 Å². The van der Waals surface area contributed by atoms with Crippen molar-refractivity contribution < 1.29 is 9.53 Å². The highest BCUT2D eigenvalue weighted by molar-refractivity contribution is 5.95. The van der Waals surface area contributed by atoms with Crippen LogP contribution < -0.4 is 0 Å². The molecule has 1 aromatic heterocycles. The number of aromatic nitrogens is 2. The maximum atomic E-state index is 13.1. The number of aryl methyl sites for hydroxylation is 1.